The van der Waals surface area contributed by atoms with Gasteiger partial charge in [-0.15, -0.1) is 0 Å². The van der Waals surface area contributed by atoms with Crippen molar-refractivity contribution in [2.24, 2.45) is 0 Å². The highest BCUT2D eigenvalue weighted by Crippen LogP contribution is 2.35. The number of ether oxygens (including phenoxy) is 5. The molecule has 23 heavy (non-hydrogen) atoms. The van der Waals surface area contributed by atoms with Crippen LogP contribution in [0.5, 0.6) is 17.2 Å². The molecule has 0 saturated carbocycles. The Bertz CT molecular complexity index is 618. The summed E-state index contributed by atoms with van der Waals surface area (Å²) in [4.78, 5) is 11.9. The van der Waals surface area contributed by atoms with Crippen LogP contribution in [0.1, 0.15) is 5.56 Å². The van der Waals surface area contributed by atoms with Crippen molar-refractivity contribution in [1.29, 1.82) is 5.26 Å². The highest BCUT2D eigenvalue weighted by atomic mass is 16.6. The molecular weight excluding hydrogens is 302 g/mol. The third kappa shape index (κ3) is 4.90. The van der Waals surface area contributed by atoms with Crippen molar-refractivity contribution >= 4 is 12.0 Å². The Balaban J connectivity index is 3.16. The average Bonchev–Trinajstić information content (AvgIpc) is 2.58. The standard InChI is InChI=1S/C16H19NO6/c1-19-5-6-23-16(18)12(10-17)7-11-8-14(21-3)15(22-4)9-13(11)20-2/h7-9H,5-6H2,1-4H3. The molecule has 124 valence electrons. The van der Waals surface area contributed by atoms with E-state index >= 15 is 0 Å². The van der Waals surface area contributed by atoms with Gasteiger partial charge in [-0.3, -0.25) is 0 Å². The van der Waals surface area contributed by atoms with Gasteiger partial charge in [0.05, 0.1) is 27.9 Å². The summed E-state index contributed by atoms with van der Waals surface area (Å²) < 4.78 is 25.4. The minimum Gasteiger partial charge on any atom is -0.496 e. The zero-order valence-corrected chi connectivity index (χ0v) is 13.5. The Morgan fingerprint density at radius 1 is 1.04 bits per heavy atom. The Morgan fingerprint density at radius 3 is 2.17 bits per heavy atom. The van der Waals surface area contributed by atoms with E-state index in [2.05, 4.69) is 0 Å². The minimum atomic E-state index is -0.735. The molecule has 7 heteroatoms. The summed E-state index contributed by atoms with van der Waals surface area (Å²) in [5.74, 6) is 0.619. The molecule has 0 amide bonds. The molecule has 1 rings (SSSR count). The quantitative estimate of drug-likeness (QED) is 0.312. The number of rotatable bonds is 8. The number of hydrogen-bond acceptors (Lipinski definition) is 7. The molecule has 0 radical (unpaired) electrons. The molecule has 0 aromatic heterocycles. The molecule has 7 nitrogen and oxygen atoms in total. The van der Waals surface area contributed by atoms with Gasteiger partial charge in [-0.1, -0.05) is 0 Å². The van der Waals surface area contributed by atoms with Crippen LogP contribution >= 0.6 is 0 Å². The van der Waals surface area contributed by atoms with Crippen LogP contribution in [-0.4, -0.2) is 47.6 Å². The Hall–Kier alpha value is -2.72. The molecule has 0 N–H and O–H groups in total. The number of carbonyl (C=O) groups excluding carboxylic acids is 1. The summed E-state index contributed by atoms with van der Waals surface area (Å²) in [6.45, 7) is 0.321. The molecule has 0 spiro atoms. The molecule has 1 aromatic rings. The van der Waals surface area contributed by atoms with Crippen molar-refractivity contribution in [3.63, 3.8) is 0 Å². The van der Waals surface area contributed by atoms with Crippen LogP contribution in [-0.2, 0) is 14.3 Å². The molecule has 0 aliphatic rings. The molecule has 0 aliphatic heterocycles. The van der Waals surface area contributed by atoms with E-state index in [0.717, 1.165) is 0 Å². The lowest BCUT2D eigenvalue weighted by Gasteiger charge is -2.12. The lowest BCUT2D eigenvalue weighted by molar-refractivity contribution is -0.139. The van der Waals surface area contributed by atoms with Crippen molar-refractivity contribution in [3.8, 4) is 23.3 Å². The molecule has 0 aliphatic carbocycles. The predicted octanol–water partition coefficient (Wildman–Crippen LogP) is 1.81. The number of carbonyl (C=O) groups is 1. The lowest BCUT2D eigenvalue weighted by Crippen LogP contribution is -2.11. The molecular formula is C16H19NO6. The molecule has 0 saturated heterocycles. The molecule has 0 atom stereocenters. The van der Waals surface area contributed by atoms with Gasteiger partial charge in [0, 0.05) is 18.7 Å². The Kier molecular flexibility index (Phi) is 7.43. The second kappa shape index (κ2) is 9.33. The normalized spacial score (nSPS) is 10.7. The second-order valence-corrected chi connectivity index (χ2v) is 4.25. The highest BCUT2D eigenvalue weighted by molar-refractivity contribution is 5.98. The van der Waals surface area contributed by atoms with Crippen LogP contribution in [0.4, 0.5) is 0 Å². The molecule has 0 bridgehead atoms. The number of benzene rings is 1. The number of hydrogen-bond donors (Lipinski definition) is 0. The third-order valence-electron chi connectivity index (χ3n) is 2.90. The van der Waals surface area contributed by atoms with Gasteiger partial charge in [0.2, 0.25) is 0 Å². The van der Waals surface area contributed by atoms with Gasteiger partial charge in [0.15, 0.2) is 11.5 Å². The SMILES string of the molecule is COCCOC(=O)C(C#N)=Cc1cc(OC)c(OC)cc1OC. The fourth-order valence-electron chi connectivity index (χ4n) is 1.75. The van der Waals surface area contributed by atoms with E-state index in [1.807, 2.05) is 6.07 Å². The molecule has 0 heterocycles. The maximum Gasteiger partial charge on any atom is 0.348 e. The average molecular weight is 321 g/mol. The lowest BCUT2D eigenvalue weighted by atomic mass is 10.1. The van der Waals surface area contributed by atoms with E-state index in [1.165, 1.54) is 34.5 Å². The van der Waals surface area contributed by atoms with Gasteiger partial charge in [-0.05, 0) is 12.1 Å². The maximum atomic E-state index is 11.9. The summed E-state index contributed by atoms with van der Waals surface area (Å²) in [5, 5.41) is 9.16. The van der Waals surface area contributed by atoms with Crippen LogP contribution < -0.4 is 14.2 Å². The number of nitrogens with zero attached hydrogens (tertiary/aromatic N) is 1. The van der Waals surface area contributed by atoms with Gasteiger partial charge in [0.25, 0.3) is 0 Å². The first kappa shape index (κ1) is 18.3. The Morgan fingerprint density at radius 2 is 1.65 bits per heavy atom. The first-order chi connectivity index (χ1) is 11.1. The van der Waals surface area contributed by atoms with E-state index in [0.29, 0.717) is 22.8 Å². The van der Waals surface area contributed by atoms with Crippen molar-refractivity contribution in [2.75, 3.05) is 41.7 Å². The first-order valence-corrected chi connectivity index (χ1v) is 6.69. The smallest absolute Gasteiger partial charge is 0.348 e. The van der Waals surface area contributed by atoms with Crippen molar-refractivity contribution in [3.05, 3.63) is 23.3 Å². The maximum absolute atomic E-state index is 11.9. The summed E-state index contributed by atoms with van der Waals surface area (Å²) >= 11 is 0. The van der Waals surface area contributed by atoms with E-state index in [4.69, 9.17) is 28.9 Å². The first-order valence-electron chi connectivity index (χ1n) is 6.69. The number of nitriles is 1. The summed E-state index contributed by atoms with van der Waals surface area (Å²) in [6, 6.07) is 5.03. The predicted molar refractivity (Wildman–Crippen MR) is 82.5 cm³/mol. The fraction of sp³-hybridized carbons (Fsp3) is 0.375. The zero-order valence-electron chi connectivity index (χ0n) is 13.5. The van der Waals surface area contributed by atoms with Gasteiger partial charge in [0.1, 0.15) is 24.0 Å². The fourth-order valence-corrected chi connectivity index (χ4v) is 1.75. The second-order valence-electron chi connectivity index (χ2n) is 4.25. The summed E-state index contributed by atoms with van der Waals surface area (Å²) in [7, 11) is 5.95. The van der Waals surface area contributed by atoms with Crippen LogP contribution in [0.25, 0.3) is 6.08 Å². The molecule has 1 aromatic carbocycles. The van der Waals surface area contributed by atoms with Crippen molar-refractivity contribution in [1.82, 2.24) is 0 Å². The molecule has 0 fully saturated rings. The third-order valence-corrected chi connectivity index (χ3v) is 2.90. The van der Waals surface area contributed by atoms with Gasteiger partial charge in [-0.2, -0.15) is 5.26 Å². The monoisotopic (exact) mass is 321 g/mol. The van der Waals surface area contributed by atoms with Crippen molar-refractivity contribution < 1.29 is 28.5 Å². The van der Waals surface area contributed by atoms with E-state index in [1.54, 1.807) is 12.1 Å². The van der Waals surface area contributed by atoms with Crippen LogP contribution in [0.15, 0.2) is 17.7 Å². The number of esters is 1. The van der Waals surface area contributed by atoms with Gasteiger partial charge >= 0.3 is 5.97 Å². The van der Waals surface area contributed by atoms with Crippen molar-refractivity contribution in [2.45, 2.75) is 0 Å². The van der Waals surface area contributed by atoms with Crippen LogP contribution in [0.2, 0.25) is 0 Å². The summed E-state index contributed by atoms with van der Waals surface area (Å²) in [5.41, 5.74) is 0.331. The number of methoxy groups -OCH3 is 4. The van der Waals surface area contributed by atoms with Crippen LogP contribution in [0, 0.1) is 11.3 Å². The summed E-state index contributed by atoms with van der Waals surface area (Å²) in [6.07, 6.45) is 1.37. The largest absolute Gasteiger partial charge is 0.496 e. The van der Waals surface area contributed by atoms with Gasteiger partial charge in [-0.25, -0.2) is 4.79 Å². The minimum absolute atomic E-state index is 0.0669. The highest BCUT2D eigenvalue weighted by Gasteiger charge is 2.15. The zero-order chi connectivity index (χ0) is 17.2. The van der Waals surface area contributed by atoms with Gasteiger partial charge < -0.3 is 23.7 Å². The van der Waals surface area contributed by atoms with E-state index < -0.39 is 5.97 Å². The molecule has 0 unspecified atom stereocenters. The topological polar surface area (TPSA) is 87.0 Å². The Labute approximate surface area is 135 Å². The van der Waals surface area contributed by atoms with E-state index in [9.17, 15) is 4.79 Å². The van der Waals surface area contributed by atoms with Crippen LogP contribution in [0.3, 0.4) is 0 Å². The van der Waals surface area contributed by atoms with E-state index in [-0.39, 0.29) is 18.8 Å².